The van der Waals surface area contributed by atoms with Crippen molar-refractivity contribution in [1.82, 2.24) is 5.32 Å². The van der Waals surface area contributed by atoms with Crippen LogP contribution in [0.2, 0.25) is 0 Å². The molecule has 4 heteroatoms. The molecule has 0 spiro atoms. The van der Waals surface area contributed by atoms with Crippen molar-refractivity contribution in [2.24, 2.45) is 5.41 Å². The summed E-state index contributed by atoms with van der Waals surface area (Å²) < 4.78 is 20.3. The van der Waals surface area contributed by atoms with Crippen LogP contribution in [0, 0.1) is 11.2 Å². The molecule has 0 aliphatic rings. The highest BCUT2D eigenvalue weighted by molar-refractivity contribution is 9.10. The molecule has 1 N–H and O–H groups in total. The Morgan fingerprint density at radius 2 is 2.00 bits per heavy atom. The Hall–Kier alpha value is -0.870. The second-order valence-corrected chi connectivity index (χ2v) is 6.73. The van der Waals surface area contributed by atoms with E-state index in [1.165, 1.54) is 6.07 Å². The molecule has 1 aromatic heterocycles. The van der Waals surface area contributed by atoms with Crippen LogP contribution in [0.5, 0.6) is 0 Å². The average molecular weight is 328 g/mol. The molecule has 0 aliphatic carbocycles. The molecule has 0 fully saturated rings. The first-order valence-corrected chi connectivity index (χ1v) is 7.24. The van der Waals surface area contributed by atoms with Crippen LogP contribution in [-0.2, 0) is 0 Å². The van der Waals surface area contributed by atoms with Gasteiger partial charge in [-0.05, 0) is 30.2 Å². The fraction of sp³-hybridized carbons (Fsp3) is 0.467. The number of furan rings is 1. The summed E-state index contributed by atoms with van der Waals surface area (Å²) in [5.41, 5.74) is 0.322. The third-order valence-electron chi connectivity index (χ3n) is 3.11. The van der Waals surface area contributed by atoms with Crippen LogP contribution in [0.3, 0.4) is 0 Å². The molecule has 1 aromatic carbocycles. The predicted molar refractivity (Wildman–Crippen MR) is 79.7 cm³/mol. The van der Waals surface area contributed by atoms with Crippen LogP contribution >= 0.6 is 15.9 Å². The van der Waals surface area contributed by atoms with Crippen molar-refractivity contribution in [2.45, 2.75) is 33.7 Å². The first-order chi connectivity index (χ1) is 8.82. The Labute approximate surface area is 121 Å². The van der Waals surface area contributed by atoms with E-state index in [-0.39, 0.29) is 17.3 Å². The van der Waals surface area contributed by atoms with Gasteiger partial charge in [-0.3, -0.25) is 0 Å². The third-order valence-corrected chi connectivity index (χ3v) is 3.57. The summed E-state index contributed by atoms with van der Waals surface area (Å²) in [6.45, 7) is 9.31. The Kier molecular flexibility index (Phi) is 4.02. The predicted octanol–water partition coefficient (Wildman–Crippen LogP) is 5.03. The molecule has 104 valence electrons. The van der Waals surface area contributed by atoms with Crippen molar-refractivity contribution in [3.8, 4) is 0 Å². The van der Waals surface area contributed by atoms with Crippen molar-refractivity contribution < 1.29 is 8.81 Å². The highest BCUT2D eigenvalue weighted by atomic mass is 79.9. The molecule has 1 atom stereocenters. The molecule has 1 unspecified atom stereocenters. The van der Waals surface area contributed by atoms with Crippen molar-refractivity contribution in [3.63, 3.8) is 0 Å². The first-order valence-electron chi connectivity index (χ1n) is 6.44. The minimum Gasteiger partial charge on any atom is -0.456 e. The maximum Gasteiger partial charge on any atom is 0.170 e. The van der Waals surface area contributed by atoms with Gasteiger partial charge >= 0.3 is 0 Å². The van der Waals surface area contributed by atoms with E-state index in [9.17, 15) is 4.39 Å². The normalized spacial score (nSPS) is 14.0. The Balaban J connectivity index is 2.52. The van der Waals surface area contributed by atoms with Crippen molar-refractivity contribution in [2.75, 3.05) is 6.54 Å². The third kappa shape index (κ3) is 3.00. The van der Waals surface area contributed by atoms with E-state index < -0.39 is 0 Å². The van der Waals surface area contributed by atoms with Gasteiger partial charge in [0, 0.05) is 9.86 Å². The van der Waals surface area contributed by atoms with Gasteiger partial charge < -0.3 is 9.73 Å². The van der Waals surface area contributed by atoms with E-state index in [0.717, 1.165) is 22.2 Å². The van der Waals surface area contributed by atoms with Gasteiger partial charge in [-0.15, -0.1) is 0 Å². The molecule has 0 radical (unpaired) electrons. The smallest absolute Gasteiger partial charge is 0.170 e. The lowest BCUT2D eigenvalue weighted by Crippen LogP contribution is -2.31. The number of benzene rings is 1. The van der Waals surface area contributed by atoms with Gasteiger partial charge in [0.15, 0.2) is 11.4 Å². The Bertz CT molecular complexity index is 586. The number of nitrogens with one attached hydrogen (secondary N) is 1. The summed E-state index contributed by atoms with van der Waals surface area (Å²) in [5.74, 6) is 0.445. The molecule has 1 heterocycles. The van der Waals surface area contributed by atoms with E-state index in [1.807, 2.05) is 12.1 Å². The van der Waals surface area contributed by atoms with Gasteiger partial charge in [0.05, 0.1) is 6.04 Å². The van der Waals surface area contributed by atoms with Crippen molar-refractivity contribution in [1.29, 1.82) is 0 Å². The van der Waals surface area contributed by atoms with Crippen LogP contribution in [0.4, 0.5) is 4.39 Å². The van der Waals surface area contributed by atoms with E-state index in [0.29, 0.717) is 5.58 Å². The molecule has 2 rings (SSSR count). The fourth-order valence-corrected chi connectivity index (χ4v) is 2.72. The number of fused-ring (bicyclic) bond motifs is 1. The van der Waals surface area contributed by atoms with E-state index >= 15 is 0 Å². The molecule has 2 nitrogen and oxygen atoms in total. The summed E-state index contributed by atoms with van der Waals surface area (Å²) in [5, 5.41) is 4.19. The zero-order valence-corrected chi connectivity index (χ0v) is 13.3. The second kappa shape index (κ2) is 5.25. The summed E-state index contributed by atoms with van der Waals surface area (Å²) in [4.78, 5) is 0. The SMILES string of the molecule is CCNC(c1cc2cc(Br)cc(F)c2o1)C(C)(C)C. The zero-order valence-electron chi connectivity index (χ0n) is 11.7. The highest BCUT2D eigenvalue weighted by Gasteiger charge is 2.28. The monoisotopic (exact) mass is 327 g/mol. The van der Waals surface area contributed by atoms with Crippen molar-refractivity contribution in [3.05, 3.63) is 34.2 Å². The summed E-state index contributed by atoms with van der Waals surface area (Å²) in [6.07, 6.45) is 0. The molecule has 19 heavy (non-hydrogen) atoms. The van der Waals surface area contributed by atoms with E-state index in [2.05, 4.69) is 48.9 Å². The van der Waals surface area contributed by atoms with Crippen molar-refractivity contribution >= 4 is 26.9 Å². The number of hydrogen-bond donors (Lipinski definition) is 1. The minimum absolute atomic E-state index is 0.00239. The first kappa shape index (κ1) is 14.5. The zero-order chi connectivity index (χ0) is 14.2. The van der Waals surface area contributed by atoms with Gasteiger partial charge in [-0.2, -0.15) is 0 Å². The van der Waals surface area contributed by atoms with Crippen LogP contribution in [0.1, 0.15) is 39.5 Å². The van der Waals surface area contributed by atoms with Gasteiger partial charge in [0.25, 0.3) is 0 Å². The van der Waals surface area contributed by atoms with Gasteiger partial charge in [0.2, 0.25) is 0 Å². The number of halogens is 2. The van der Waals surface area contributed by atoms with Gasteiger partial charge in [-0.1, -0.05) is 43.6 Å². The van der Waals surface area contributed by atoms with Crippen LogP contribution in [-0.4, -0.2) is 6.54 Å². The minimum atomic E-state index is -0.334. The summed E-state index contributed by atoms with van der Waals surface area (Å²) in [7, 11) is 0. The molecule has 0 bridgehead atoms. The molecular weight excluding hydrogens is 309 g/mol. The van der Waals surface area contributed by atoms with Gasteiger partial charge in [-0.25, -0.2) is 4.39 Å². The van der Waals surface area contributed by atoms with E-state index in [4.69, 9.17) is 4.42 Å². The maximum atomic E-state index is 13.9. The summed E-state index contributed by atoms with van der Waals surface area (Å²) >= 11 is 3.30. The number of rotatable bonds is 3. The lowest BCUT2D eigenvalue weighted by molar-refractivity contribution is 0.244. The van der Waals surface area contributed by atoms with Gasteiger partial charge in [0.1, 0.15) is 5.76 Å². The highest BCUT2D eigenvalue weighted by Crippen LogP contribution is 2.36. The lowest BCUT2D eigenvalue weighted by Gasteiger charge is -2.29. The molecule has 0 saturated heterocycles. The van der Waals surface area contributed by atoms with E-state index in [1.54, 1.807) is 0 Å². The molecule has 0 amide bonds. The summed E-state index contributed by atoms with van der Waals surface area (Å²) in [6, 6.07) is 5.27. The molecule has 0 saturated carbocycles. The largest absolute Gasteiger partial charge is 0.456 e. The molecular formula is C15H19BrFNO. The maximum absolute atomic E-state index is 13.9. The van der Waals surface area contributed by atoms with Crippen LogP contribution in [0.25, 0.3) is 11.0 Å². The van der Waals surface area contributed by atoms with Crippen LogP contribution < -0.4 is 5.32 Å². The Morgan fingerprint density at radius 3 is 2.58 bits per heavy atom. The molecule has 0 aliphatic heterocycles. The lowest BCUT2D eigenvalue weighted by atomic mass is 9.85. The fourth-order valence-electron chi connectivity index (χ4n) is 2.28. The Morgan fingerprint density at radius 1 is 1.32 bits per heavy atom. The standard InChI is InChI=1S/C15H19BrFNO/c1-5-18-14(15(2,3)4)12-7-9-6-10(16)8-11(17)13(9)19-12/h6-8,14,18H,5H2,1-4H3. The topological polar surface area (TPSA) is 25.2 Å². The number of hydrogen-bond acceptors (Lipinski definition) is 2. The quantitative estimate of drug-likeness (QED) is 0.855. The van der Waals surface area contributed by atoms with Crippen LogP contribution in [0.15, 0.2) is 27.1 Å². The second-order valence-electron chi connectivity index (χ2n) is 5.81. The average Bonchev–Trinajstić information content (AvgIpc) is 2.67. The molecule has 2 aromatic rings.